The summed E-state index contributed by atoms with van der Waals surface area (Å²) in [5.74, 6) is -0.538. The van der Waals surface area contributed by atoms with Gasteiger partial charge in [-0.3, -0.25) is 9.59 Å². The molecule has 2 atom stereocenters. The number of piperazine rings is 1. The van der Waals surface area contributed by atoms with Crippen molar-refractivity contribution in [2.45, 2.75) is 13.5 Å². The van der Waals surface area contributed by atoms with E-state index < -0.39 is 11.8 Å². The number of likely N-dealkylation sites (N-methyl/N-ethyl adjacent to an activating group) is 1. The molecular formula is C29H33ClN4O3. The summed E-state index contributed by atoms with van der Waals surface area (Å²) in [7, 11) is 2.05. The van der Waals surface area contributed by atoms with Gasteiger partial charge in [0.15, 0.2) is 5.78 Å². The zero-order valence-electron chi connectivity index (χ0n) is 21.3. The molecule has 1 aromatic heterocycles. The molecule has 1 aliphatic rings. The highest BCUT2D eigenvalue weighted by atomic mass is 35.5. The molecule has 2 aromatic carbocycles. The van der Waals surface area contributed by atoms with E-state index >= 15 is 0 Å². The van der Waals surface area contributed by atoms with Crippen LogP contribution in [0.2, 0.25) is 5.02 Å². The first-order valence-electron chi connectivity index (χ1n) is 12.6. The van der Waals surface area contributed by atoms with E-state index in [1.807, 2.05) is 42.2 Å². The molecular weight excluding hydrogens is 488 g/mol. The Hall–Kier alpha value is -3.26. The van der Waals surface area contributed by atoms with Crippen LogP contribution in [0.25, 0.3) is 0 Å². The fraction of sp³-hybridized carbons (Fsp3) is 0.345. The number of aromatic nitrogens is 1. The fourth-order valence-electron chi connectivity index (χ4n) is 4.41. The number of ketones is 1. The minimum atomic E-state index is -0.577. The molecule has 1 saturated heterocycles. The van der Waals surface area contributed by atoms with Crippen molar-refractivity contribution in [3.63, 3.8) is 0 Å². The Morgan fingerprint density at radius 3 is 2.41 bits per heavy atom. The number of ether oxygens (including phenoxy) is 1. The van der Waals surface area contributed by atoms with E-state index in [9.17, 15) is 9.59 Å². The largest absolute Gasteiger partial charge is 0.438 e. The van der Waals surface area contributed by atoms with Crippen molar-refractivity contribution in [2.24, 2.45) is 11.8 Å². The summed E-state index contributed by atoms with van der Waals surface area (Å²) < 4.78 is 5.94. The van der Waals surface area contributed by atoms with Crippen LogP contribution in [0.15, 0.2) is 72.9 Å². The Balaban J connectivity index is 1.53. The number of halogens is 1. The standard InChI is InChI=1S/C29H33ClN4O3/c1-21(27(35)25-9-6-14-32-28(25)37-24-12-10-23(30)11-13-24)26(20-31-19-22-7-4-3-5-8-22)29(36)34-17-15-33(2)16-18-34/h3-14,21,26,31H,15-20H2,1-2H3. The maximum absolute atomic E-state index is 13.8. The molecule has 4 rings (SSSR count). The van der Waals surface area contributed by atoms with E-state index in [1.54, 1.807) is 42.6 Å². The minimum Gasteiger partial charge on any atom is -0.438 e. The molecule has 1 fully saturated rings. The first kappa shape index (κ1) is 26.8. The third-order valence-electron chi connectivity index (χ3n) is 6.75. The summed E-state index contributed by atoms with van der Waals surface area (Å²) in [5.41, 5.74) is 1.47. The number of amides is 1. The maximum Gasteiger partial charge on any atom is 0.230 e. The summed E-state index contributed by atoms with van der Waals surface area (Å²) >= 11 is 5.99. The second-order valence-corrected chi connectivity index (χ2v) is 9.85. The van der Waals surface area contributed by atoms with Gasteiger partial charge in [-0.05, 0) is 49.0 Å². The highest BCUT2D eigenvalue weighted by Gasteiger charge is 2.35. The lowest BCUT2D eigenvalue weighted by Gasteiger charge is -2.36. The number of carbonyl (C=O) groups is 2. The first-order chi connectivity index (χ1) is 17.9. The first-order valence-corrected chi connectivity index (χ1v) is 12.9. The Bertz CT molecular complexity index is 1180. The molecule has 0 saturated carbocycles. The topological polar surface area (TPSA) is 74.8 Å². The SMILES string of the molecule is CC(C(=O)c1cccnc1Oc1ccc(Cl)cc1)C(CNCc1ccccc1)C(=O)N1CCN(C)CC1. The number of hydrogen-bond donors (Lipinski definition) is 1. The van der Waals surface area contributed by atoms with Gasteiger partial charge in [-0.1, -0.05) is 48.9 Å². The highest BCUT2D eigenvalue weighted by molar-refractivity contribution is 6.30. The summed E-state index contributed by atoms with van der Waals surface area (Å²) in [4.78, 5) is 35.9. The molecule has 1 N–H and O–H groups in total. The summed E-state index contributed by atoms with van der Waals surface area (Å²) in [6.45, 7) is 5.78. The van der Waals surface area contributed by atoms with E-state index in [1.165, 1.54) is 0 Å². The van der Waals surface area contributed by atoms with Crippen LogP contribution in [0.5, 0.6) is 11.6 Å². The van der Waals surface area contributed by atoms with Crippen molar-refractivity contribution in [3.8, 4) is 11.6 Å². The van der Waals surface area contributed by atoms with Gasteiger partial charge in [-0.25, -0.2) is 4.98 Å². The molecule has 0 spiro atoms. The average molecular weight is 521 g/mol. The van der Waals surface area contributed by atoms with Crippen molar-refractivity contribution in [1.29, 1.82) is 0 Å². The van der Waals surface area contributed by atoms with Crippen LogP contribution in [0.1, 0.15) is 22.8 Å². The Morgan fingerprint density at radius 2 is 1.70 bits per heavy atom. The van der Waals surface area contributed by atoms with Crippen LogP contribution in [0.4, 0.5) is 0 Å². The molecule has 1 amide bonds. The smallest absolute Gasteiger partial charge is 0.230 e. The maximum atomic E-state index is 13.8. The van der Waals surface area contributed by atoms with E-state index in [0.717, 1.165) is 18.7 Å². The van der Waals surface area contributed by atoms with E-state index in [0.29, 0.717) is 42.5 Å². The summed E-state index contributed by atoms with van der Waals surface area (Å²) in [5, 5.41) is 4.00. The number of carbonyl (C=O) groups excluding carboxylic acids is 2. The van der Waals surface area contributed by atoms with Crippen LogP contribution in [0.3, 0.4) is 0 Å². The molecule has 1 aliphatic heterocycles. The van der Waals surface area contributed by atoms with Gasteiger partial charge in [-0.2, -0.15) is 0 Å². The third kappa shape index (κ3) is 7.16. The quantitative estimate of drug-likeness (QED) is 0.396. The molecule has 0 radical (unpaired) electrons. The number of rotatable bonds is 10. The van der Waals surface area contributed by atoms with Crippen molar-refractivity contribution in [1.82, 2.24) is 20.1 Å². The van der Waals surface area contributed by atoms with Crippen LogP contribution in [-0.4, -0.2) is 66.2 Å². The predicted molar refractivity (Wildman–Crippen MR) is 145 cm³/mol. The molecule has 2 heterocycles. The van der Waals surface area contributed by atoms with Crippen molar-refractivity contribution in [3.05, 3.63) is 89.1 Å². The van der Waals surface area contributed by atoms with Gasteiger partial charge < -0.3 is 19.9 Å². The third-order valence-corrected chi connectivity index (χ3v) is 7.00. The Morgan fingerprint density at radius 1 is 1.00 bits per heavy atom. The van der Waals surface area contributed by atoms with Gasteiger partial charge in [0, 0.05) is 56.4 Å². The minimum absolute atomic E-state index is 0.00132. The zero-order valence-corrected chi connectivity index (χ0v) is 22.0. The van der Waals surface area contributed by atoms with E-state index in [-0.39, 0.29) is 17.6 Å². The molecule has 194 valence electrons. The normalized spacial score (nSPS) is 15.7. The summed E-state index contributed by atoms with van der Waals surface area (Å²) in [6.07, 6.45) is 1.58. The van der Waals surface area contributed by atoms with Crippen molar-refractivity contribution < 1.29 is 14.3 Å². The van der Waals surface area contributed by atoms with Gasteiger partial charge in [0.1, 0.15) is 5.75 Å². The second-order valence-electron chi connectivity index (χ2n) is 9.42. The monoisotopic (exact) mass is 520 g/mol. The molecule has 3 aromatic rings. The predicted octanol–water partition coefficient (Wildman–Crippen LogP) is 4.53. The number of nitrogens with one attached hydrogen (secondary N) is 1. The van der Waals surface area contributed by atoms with Crippen LogP contribution in [-0.2, 0) is 11.3 Å². The lowest BCUT2D eigenvalue weighted by atomic mass is 9.86. The Labute approximate surface area is 223 Å². The van der Waals surface area contributed by atoms with Crippen molar-refractivity contribution >= 4 is 23.3 Å². The highest BCUT2D eigenvalue weighted by Crippen LogP contribution is 2.28. The summed E-state index contributed by atoms with van der Waals surface area (Å²) in [6, 6.07) is 20.3. The van der Waals surface area contributed by atoms with E-state index in [2.05, 4.69) is 22.2 Å². The molecule has 2 unspecified atom stereocenters. The zero-order chi connectivity index (χ0) is 26.2. The second kappa shape index (κ2) is 12.8. The lowest BCUT2D eigenvalue weighted by Crippen LogP contribution is -2.52. The van der Waals surface area contributed by atoms with Crippen LogP contribution >= 0.6 is 11.6 Å². The number of pyridine rings is 1. The molecule has 37 heavy (non-hydrogen) atoms. The van der Waals surface area contributed by atoms with Gasteiger partial charge in [0.2, 0.25) is 11.8 Å². The number of hydrogen-bond acceptors (Lipinski definition) is 6. The molecule has 7 nitrogen and oxygen atoms in total. The van der Waals surface area contributed by atoms with Crippen molar-refractivity contribution in [2.75, 3.05) is 39.8 Å². The number of nitrogens with zero attached hydrogens (tertiary/aromatic N) is 3. The van der Waals surface area contributed by atoms with E-state index in [4.69, 9.17) is 16.3 Å². The van der Waals surface area contributed by atoms with Gasteiger partial charge in [0.25, 0.3) is 0 Å². The molecule has 8 heteroatoms. The van der Waals surface area contributed by atoms with Gasteiger partial charge >= 0.3 is 0 Å². The number of benzene rings is 2. The molecule has 0 bridgehead atoms. The van der Waals surface area contributed by atoms with Crippen LogP contribution < -0.4 is 10.1 Å². The fourth-order valence-corrected chi connectivity index (χ4v) is 4.54. The lowest BCUT2D eigenvalue weighted by molar-refractivity contribution is -0.138. The van der Waals surface area contributed by atoms with Gasteiger partial charge in [-0.15, -0.1) is 0 Å². The number of Topliss-reactive ketones (excluding diaryl/α,β-unsaturated/α-hetero) is 1. The van der Waals surface area contributed by atoms with Gasteiger partial charge in [0.05, 0.1) is 11.5 Å². The van der Waals surface area contributed by atoms with Crippen LogP contribution in [0, 0.1) is 11.8 Å². The Kier molecular flexibility index (Phi) is 9.28. The molecule has 0 aliphatic carbocycles. The average Bonchev–Trinajstić information content (AvgIpc) is 2.92.